The number of benzene rings is 1. The zero-order valence-electron chi connectivity index (χ0n) is 14.2. The van der Waals surface area contributed by atoms with Crippen LogP contribution in [0.1, 0.15) is 36.2 Å². The summed E-state index contributed by atoms with van der Waals surface area (Å²) < 4.78 is 5.62. The second-order valence-electron chi connectivity index (χ2n) is 5.67. The van der Waals surface area contributed by atoms with E-state index in [2.05, 4.69) is 32.6 Å². The predicted octanol–water partition coefficient (Wildman–Crippen LogP) is 3.42. The SMILES string of the molecule is CCCc1nnc(NC(=O)CCc2nnc(-c3ccc(C)cc3)o2)s1. The van der Waals surface area contributed by atoms with Crippen LogP contribution in [0.4, 0.5) is 5.13 Å². The molecule has 0 aliphatic heterocycles. The van der Waals surface area contributed by atoms with Crippen molar-refractivity contribution in [1.82, 2.24) is 20.4 Å². The number of aromatic nitrogens is 4. The Hall–Kier alpha value is -2.61. The third-order valence-electron chi connectivity index (χ3n) is 3.51. The maximum absolute atomic E-state index is 12.0. The van der Waals surface area contributed by atoms with Gasteiger partial charge in [0.05, 0.1) is 0 Å². The minimum atomic E-state index is -0.144. The molecule has 1 amide bonds. The predicted molar refractivity (Wildman–Crippen MR) is 95.3 cm³/mol. The number of carbonyl (C=O) groups is 1. The Morgan fingerprint density at radius 1 is 1.12 bits per heavy atom. The zero-order valence-corrected chi connectivity index (χ0v) is 15.0. The average Bonchev–Trinajstić information content (AvgIpc) is 3.24. The number of aryl methyl sites for hydroxylation is 3. The molecule has 2 aromatic heterocycles. The summed E-state index contributed by atoms with van der Waals surface area (Å²) in [7, 11) is 0. The van der Waals surface area contributed by atoms with Crippen molar-refractivity contribution in [3.8, 4) is 11.5 Å². The minimum absolute atomic E-state index is 0.144. The summed E-state index contributed by atoms with van der Waals surface area (Å²) in [5.41, 5.74) is 2.03. The molecule has 3 aromatic rings. The summed E-state index contributed by atoms with van der Waals surface area (Å²) in [6.45, 7) is 4.10. The fraction of sp³-hybridized carbons (Fsp3) is 0.353. The molecule has 1 aromatic carbocycles. The van der Waals surface area contributed by atoms with Crippen molar-refractivity contribution < 1.29 is 9.21 Å². The number of hydrogen-bond donors (Lipinski definition) is 1. The van der Waals surface area contributed by atoms with Crippen molar-refractivity contribution >= 4 is 22.4 Å². The quantitative estimate of drug-likeness (QED) is 0.696. The largest absolute Gasteiger partial charge is 0.421 e. The van der Waals surface area contributed by atoms with Gasteiger partial charge in [-0.05, 0) is 25.5 Å². The second-order valence-corrected chi connectivity index (χ2v) is 6.73. The molecule has 2 heterocycles. The molecule has 0 radical (unpaired) electrons. The van der Waals surface area contributed by atoms with Crippen LogP contribution in [0.5, 0.6) is 0 Å². The van der Waals surface area contributed by atoms with E-state index < -0.39 is 0 Å². The van der Waals surface area contributed by atoms with Crippen molar-refractivity contribution in [2.45, 2.75) is 39.5 Å². The number of carbonyl (C=O) groups excluding carboxylic acids is 1. The number of rotatable bonds is 7. The minimum Gasteiger partial charge on any atom is -0.421 e. The monoisotopic (exact) mass is 357 g/mol. The first-order chi connectivity index (χ1) is 12.1. The van der Waals surface area contributed by atoms with Crippen LogP contribution < -0.4 is 5.32 Å². The number of amides is 1. The maximum Gasteiger partial charge on any atom is 0.247 e. The summed E-state index contributed by atoms with van der Waals surface area (Å²) >= 11 is 1.40. The lowest BCUT2D eigenvalue weighted by atomic mass is 10.1. The summed E-state index contributed by atoms with van der Waals surface area (Å²) in [6.07, 6.45) is 2.50. The molecule has 0 aliphatic rings. The molecule has 0 aliphatic carbocycles. The van der Waals surface area contributed by atoms with E-state index >= 15 is 0 Å². The zero-order chi connectivity index (χ0) is 17.6. The van der Waals surface area contributed by atoms with Gasteiger partial charge in [0.15, 0.2) is 0 Å². The van der Waals surface area contributed by atoms with Gasteiger partial charge in [0.2, 0.25) is 22.8 Å². The van der Waals surface area contributed by atoms with Gasteiger partial charge < -0.3 is 9.73 Å². The highest BCUT2D eigenvalue weighted by molar-refractivity contribution is 7.15. The van der Waals surface area contributed by atoms with Gasteiger partial charge in [0.1, 0.15) is 5.01 Å². The number of nitrogens with one attached hydrogen (secondary N) is 1. The van der Waals surface area contributed by atoms with E-state index in [-0.39, 0.29) is 12.3 Å². The van der Waals surface area contributed by atoms with Gasteiger partial charge in [0, 0.05) is 24.8 Å². The van der Waals surface area contributed by atoms with Crippen molar-refractivity contribution in [3.63, 3.8) is 0 Å². The van der Waals surface area contributed by atoms with Gasteiger partial charge in [-0.2, -0.15) is 0 Å². The fourth-order valence-electron chi connectivity index (χ4n) is 2.19. The van der Waals surface area contributed by atoms with Crippen LogP contribution in [-0.2, 0) is 17.6 Å². The molecular weight excluding hydrogens is 338 g/mol. The van der Waals surface area contributed by atoms with Crippen LogP contribution in [-0.4, -0.2) is 26.3 Å². The van der Waals surface area contributed by atoms with Gasteiger partial charge in [-0.15, -0.1) is 20.4 Å². The molecule has 1 N–H and O–H groups in total. The average molecular weight is 357 g/mol. The Kier molecular flexibility index (Phi) is 5.49. The summed E-state index contributed by atoms with van der Waals surface area (Å²) in [4.78, 5) is 12.0. The van der Waals surface area contributed by atoms with Crippen molar-refractivity contribution in [3.05, 3.63) is 40.7 Å². The van der Waals surface area contributed by atoms with E-state index in [1.807, 2.05) is 31.2 Å². The molecule has 8 heteroatoms. The highest BCUT2D eigenvalue weighted by Gasteiger charge is 2.12. The Morgan fingerprint density at radius 3 is 2.68 bits per heavy atom. The van der Waals surface area contributed by atoms with Crippen molar-refractivity contribution in [2.75, 3.05) is 5.32 Å². The number of nitrogens with zero attached hydrogens (tertiary/aromatic N) is 4. The second kappa shape index (κ2) is 7.98. The van der Waals surface area contributed by atoms with Crippen molar-refractivity contribution in [2.24, 2.45) is 0 Å². The van der Waals surface area contributed by atoms with Gasteiger partial charge in [-0.1, -0.05) is 36.0 Å². The van der Waals surface area contributed by atoms with Crippen LogP contribution in [0.25, 0.3) is 11.5 Å². The molecule has 0 unspecified atom stereocenters. The van der Waals surface area contributed by atoms with Gasteiger partial charge in [-0.25, -0.2) is 0 Å². The summed E-state index contributed by atoms with van der Waals surface area (Å²) in [5.74, 6) is 0.757. The lowest BCUT2D eigenvalue weighted by Gasteiger charge is -1.98. The molecule has 0 saturated carbocycles. The standard InChI is InChI=1S/C17H19N5O2S/c1-3-4-15-20-22-17(25-15)18-13(23)9-10-14-19-21-16(24-14)12-7-5-11(2)6-8-12/h5-8H,3-4,9-10H2,1-2H3,(H,18,22,23). The van der Waals surface area contributed by atoms with Crippen LogP contribution in [0.3, 0.4) is 0 Å². The molecule has 0 spiro atoms. The van der Waals surface area contributed by atoms with E-state index in [0.717, 1.165) is 23.4 Å². The highest BCUT2D eigenvalue weighted by atomic mass is 32.1. The molecule has 0 atom stereocenters. The summed E-state index contributed by atoms with van der Waals surface area (Å²) in [5, 5.41) is 20.2. The van der Waals surface area contributed by atoms with Crippen molar-refractivity contribution in [1.29, 1.82) is 0 Å². The van der Waals surface area contributed by atoms with Crippen LogP contribution >= 0.6 is 11.3 Å². The third-order valence-corrected chi connectivity index (χ3v) is 4.41. The highest BCUT2D eigenvalue weighted by Crippen LogP contribution is 2.19. The lowest BCUT2D eigenvalue weighted by Crippen LogP contribution is -2.12. The Balaban J connectivity index is 1.52. The number of hydrogen-bond acceptors (Lipinski definition) is 7. The maximum atomic E-state index is 12.0. The van der Waals surface area contributed by atoms with E-state index in [0.29, 0.717) is 23.3 Å². The molecule has 0 bridgehead atoms. The Labute approximate surface area is 149 Å². The molecule has 25 heavy (non-hydrogen) atoms. The lowest BCUT2D eigenvalue weighted by molar-refractivity contribution is -0.116. The molecule has 3 rings (SSSR count). The van der Waals surface area contributed by atoms with Crippen LogP contribution in [0, 0.1) is 6.92 Å². The van der Waals surface area contributed by atoms with E-state index in [4.69, 9.17) is 4.42 Å². The van der Waals surface area contributed by atoms with Crippen LogP contribution in [0.15, 0.2) is 28.7 Å². The first kappa shape index (κ1) is 17.2. The molecule has 130 valence electrons. The number of anilines is 1. The van der Waals surface area contributed by atoms with E-state index in [9.17, 15) is 4.79 Å². The topological polar surface area (TPSA) is 93.8 Å². The smallest absolute Gasteiger partial charge is 0.247 e. The fourth-order valence-corrected chi connectivity index (χ4v) is 3.05. The van der Waals surface area contributed by atoms with Gasteiger partial charge in [-0.3, -0.25) is 4.79 Å². The molecule has 0 fully saturated rings. The first-order valence-corrected chi connectivity index (χ1v) is 8.97. The molecule has 0 saturated heterocycles. The van der Waals surface area contributed by atoms with Gasteiger partial charge >= 0.3 is 0 Å². The molecule has 7 nitrogen and oxygen atoms in total. The summed E-state index contributed by atoms with van der Waals surface area (Å²) in [6, 6.07) is 7.84. The first-order valence-electron chi connectivity index (χ1n) is 8.15. The normalized spacial score (nSPS) is 10.8. The van der Waals surface area contributed by atoms with Gasteiger partial charge in [0.25, 0.3) is 0 Å². The van der Waals surface area contributed by atoms with Crippen LogP contribution in [0.2, 0.25) is 0 Å². The van der Waals surface area contributed by atoms with E-state index in [1.54, 1.807) is 0 Å². The van der Waals surface area contributed by atoms with E-state index in [1.165, 1.54) is 16.9 Å². The Morgan fingerprint density at radius 2 is 1.92 bits per heavy atom. The molecular formula is C17H19N5O2S. The third kappa shape index (κ3) is 4.69. The Bertz CT molecular complexity index is 841.